The summed E-state index contributed by atoms with van der Waals surface area (Å²) in [5.74, 6) is 0.628. The molecule has 2 rings (SSSR count). The summed E-state index contributed by atoms with van der Waals surface area (Å²) in [6, 6.07) is 5.62. The molecule has 0 radical (unpaired) electrons. The summed E-state index contributed by atoms with van der Waals surface area (Å²) < 4.78 is 0. The zero-order valence-electron chi connectivity index (χ0n) is 7.03. The number of aromatic nitrogens is 1. The Kier molecular flexibility index (Phi) is 1.82. The van der Waals surface area contributed by atoms with Crippen molar-refractivity contribution in [3.8, 4) is 6.07 Å². The van der Waals surface area contributed by atoms with E-state index in [-0.39, 0.29) is 0 Å². The standard InChI is InChI=1S/C10H8N2O/c11-6-9-3-7(1-2-12-9)8-4-10(13)5-8/h1-3,8H,4-5H2. The van der Waals surface area contributed by atoms with Gasteiger partial charge < -0.3 is 0 Å². The van der Waals surface area contributed by atoms with Crippen molar-refractivity contribution in [3.63, 3.8) is 0 Å². The normalized spacial score (nSPS) is 16.4. The number of nitrogens with zero attached hydrogens (tertiary/aromatic N) is 2. The summed E-state index contributed by atoms with van der Waals surface area (Å²) in [6.45, 7) is 0. The first-order valence-electron chi connectivity index (χ1n) is 4.17. The molecule has 0 amide bonds. The van der Waals surface area contributed by atoms with Crippen LogP contribution in [0.3, 0.4) is 0 Å². The van der Waals surface area contributed by atoms with E-state index in [9.17, 15) is 4.79 Å². The lowest BCUT2D eigenvalue weighted by molar-refractivity contribution is -0.124. The van der Waals surface area contributed by atoms with Crippen molar-refractivity contribution in [1.82, 2.24) is 4.98 Å². The molecule has 1 aliphatic rings. The number of nitriles is 1. The lowest BCUT2D eigenvalue weighted by atomic mass is 9.79. The molecule has 0 unspecified atom stereocenters. The van der Waals surface area contributed by atoms with Crippen LogP contribution >= 0.6 is 0 Å². The molecule has 1 aromatic rings. The molecule has 0 N–H and O–H groups in total. The quantitative estimate of drug-likeness (QED) is 0.643. The van der Waals surface area contributed by atoms with Crippen molar-refractivity contribution in [2.75, 3.05) is 0 Å². The van der Waals surface area contributed by atoms with Gasteiger partial charge in [0, 0.05) is 19.0 Å². The van der Waals surface area contributed by atoms with E-state index in [1.54, 1.807) is 12.3 Å². The molecule has 13 heavy (non-hydrogen) atoms. The van der Waals surface area contributed by atoms with Crippen LogP contribution in [0.2, 0.25) is 0 Å². The summed E-state index contributed by atoms with van der Waals surface area (Å²) in [4.78, 5) is 14.6. The second kappa shape index (κ2) is 2.98. The van der Waals surface area contributed by atoms with E-state index in [0.29, 0.717) is 30.2 Å². The minimum Gasteiger partial charge on any atom is -0.300 e. The van der Waals surface area contributed by atoms with Gasteiger partial charge in [0.2, 0.25) is 0 Å². The minimum absolute atomic E-state index is 0.306. The van der Waals surface area contributed by atoms with Crippen LogP contribution in [0.5, 0.6) is 0 Å². The van der Waals surface area contributed by atoms with Gasteiger partial charge in [0.05, 0.1) is 0 Å². The number of ketones is 1. The van der Waals surface area contributed by atoms with Gasteiger partial charge in [-0.05, 0) is 23.6 Å². The SMILES string of the molecule is N#Cc1cc(C2CC(=O)C2)ccn1. The van der Waals surface area contributed by atoms with Crippen LogP contribution in [0.15, 0.2) is 18.3 Å². The lowest BCUT2D eigenvalue weighted by Gasteiger charge is -2.24. The van der Waals surface area contributed by atoms with Gasteiger partial charge in [0.1, 0.15) is 17.5 Å². The number of pyridine rings is 1. The largest absolute Gasteiger partial charge is 0.300 e. The van der Waals surface area contributed by atoms with Gasteiger partial charge in [0.15, 0.2) is 0 Å². The van der Waals surface area contributed by atoms with Gasteiger partial charge >= 0.3 is 0 Å². The van der Waals surface area contributed by atoms with Crippen LogP contribution < -0.4 is 0 Å². The molecule has 0 saturated heterocycles. The van der Waals surface area contributed by atoms with Crippen LogP contribution in [0.4, 0.5) is 0 Å². The van der Waals surface area contributed by atoms with E-state index in [4.69, 9.17) is 5.26 Å². The molecule has 1 heterocycles. The Morgan fingerprint density at radius 1 is 1.54 bits per heavy atom. The van der Waals surface area contributed by atoms with Crippen molar-refractivity contribution in [2.45, 2.75) is 18.8 Å². The first-order chi connectivity index (χ1) is 6.29. The third-order valence-corrected chi connectivity index (χ3v) is 2.32. The molecule has 1 aliphatic carbocycles. The second-order valence-corrected chi connectivity index (χ2v) is 3.23. The molecule has 1 fully saturated rings. The maximum atomic E-state index is 10.8. The number of carbonyl (C=O) groups is 1. The van der Waals surface area contributed by atoms with E-state index < -0.39 is 0 Å². The number of Topliss-reactive ketones (excluding diaryl/α,β-unsaturated/α-hetero) is 1. The Hall–Kier alpha value is -1.69. The summed E-state index contributed by atoms with van der Waals surface area (Å²) in [7, 11) is 0. The summed E-state index contributed by atoms with van der Waals surface area (Å²) in [5, 5.41) is 8.61. The van der Waals surface area contributed by atoms with E-state index in [1.807, 2.05) is 12.1 Å². The van der Waals surface area contributed by atoms with Crippen LogP contribution in [0.25, 0.3) is 0 Å². The Morgan fingerprint density at radius 3 is 2.92 bits per heavy atom. The molecule has 0 spiro atoms. The highest BCUT2D eigenvalue weighted by Gasteiger charge is 2.27. The van der Waals surface area contributed by atoms with Crippen molar-refractivity contribution in [2.24, 2.45) is 0 Å². The Labute approximate surface area is 76.0 Å². The summed E-state index contributed by atoms with van der Waals surface area (Å²) in [6.07, 6.45) is 2.86. The molecule has 3 nitrogen and oxygen atoms in total. The van der Waals surface area contributed by atoms with Crippen LogP contribution in [0, 0.1) is 11.3 Å². The summed E-state index contributed by atoms with van der Waals surface area (Å²) in [5.41, 5.74) is 1.49. The lowest BCUT2D eigenvalue weighted by Crippen LogP contribution is -2.21. The molecular formula is C10H8N2O. The fourth-order valence-corrected chi connectivity index (χ4v) is 1.49. The zero-order valence-corrected chi connectivity index (χ0v) is 7.03. The Bertz CT molecular complexity index is 384. The van der Waals surface area contributed by atoms with Gasteiger partial charge in [-0.3, -0.25) is 4.79 Å². The third kappa shape index (κ3) is 1.43. The molecule has 0 aromatic carbocycles. The number of hydrogen-bond donors (Lipinski definition) is 0. The number of hydrogen-bond acceptors (Lipinski definition) is 3. The first-order valence-corrected chi connectivity index (χ1v) is 4.17. The maximum Gasteiger partial charge on any atom is 0.140 e. The summed E-state index contributed by atoms with van der Waals surface area (Å²) >= 11 is 0. The van der Waals surface area contributed by atoms with Crippen LogP contribution in [0.1, 0.15) is 30.0 Å². The second-order valence-electron chi connectivity index (χ2n) is 3.23. The van der Waals surface area contributed by atoms with Gasteiger partial charge in [-0.1, -0.05) is 0 Å². The molecule has 0 atom stereocenters. The topological polar surface area (TPSA) is 53.8 Å². The predicted molar refractivity (Wildman–Crippen MR) is 45.9 cm³/mol. The molecular weight excluding hydrogens is 164 g/mol. The highest BCUT2D eigenvalue weighted by Crippen LogP contribution is 2.33. The average molecular weight is 172 g/mol. The fraction of sp³-hybridized carbons (Fsp3) is 0.300. The van der Waals surface area contributed by atoms with Gasteiger partial charge in [-0.15, -0.1) is 0 Å². The average Bonchev–Trinajstić information content (AvgIpc) is 2.13. The molecule has 64 valence electrons. The van der Waals surface area contributed by atoms with Crippen molar-refractivity contribution < 1.29 is 4.79 Å². The van der Waals surface area contributed by atoms with Crippen LogP contribution in [-0.4, -0.2) is 10.8 Å². The van der Waals surface area contributed by atoms with Crippen molar-refractivity contribution in [3.05, 3.63) is 29.6 Å². The van der Waals surface area contributed by atoms with E-state index in [2.05, 4.69) is 4.98 Å². The molecule has 1 aromatic heterocycles. The maximum absolute atomic E-state index is 10.8. The van der Waals surface area contributed by atoms with E-state index in [1.165, 1.54) is 0 Å². The van der Waals surface area contributed by atoms with Gasteiger partial charge in [-0.25, -0.2) is 4.98 Å². The molecule has 0 aliphatic heterocycles. The Morgan fingerprint density at radius 2 is 2.31 bits per heavy atom. The molecule has 3 heteroatoms. The van der Waals surface area contributed by atoms with E-state index in [0.717, 1.165) is 5.56 Å². The molecule has 1 saturated carbocycles. The van der Waals surface area contributed by atoms with Gasteiger partial charge in [-0.2, -0.15) is 5.26 Å². The van der Waals surface area contributed by atoms with Crippen molar-refractivity contribution in [1.29, 1.82) is 5.26 Å². The fourth-order valence-electron chi connectivity index (χ4n) is 1.49. The third-order valence-electron chi connectivity index (χ3n) is 2.32. The number of carbonyl (C=O) groups excluding carboxylic acids is 1. The first kappa shape index (κ1) is 7.93. The van der Waals surface area contributed by atoms with Crippen molar-refractivity contribution >= 4 is 5.78 Å². The Balaban J connectivity index is 2.22. The number of rotatable bonds is 1. The zero-order chi connectivity index (χ0) is 9.26. The van der Waals surface area contributed by atoms with Gasteiger partial charge in [0.25, 0.3) is 0 Å². The molecule has 0 bridgehead atoms. The highest BCUT2D eigenvalue weighted by molar-refractivity contribution is 5.86. The van der Waals surface area contributed by atoms with E-state index >= 15 is 0 Å². The monoisotopic (exact) mass is 172 g/mol. The minimum atomic E-state index is 0.306. The van der Waals surface area contributed by atoms with Crippen LogP contribution in [-0.2, 0) is 4.79 Å². The smallest absolute Gasteiger partial charge is 0.140 e. The highest BCUT2D eigenvalue weighted by atomic mass is 16.1. The predicted octanol–water partition coefficient (Wildman–Crippen LogP) is 1.40.